The molecule has 1 saturated heterocycles. The van der Waals surface area contributed by atoms with Crippen LogP contribution in [0.1, 0.15) is 28.9 Å². The summed E-state index contributed by atoms with van der Waals surface area (Å²) < 4.78 is 45.2. The van der Waals surface area contributed by atoms with Crippen LogP contribution in [0.25, 0.3) is 0 Å². The van der Waals surface area contributed by atoms with Crippen molar-refractivity contribution in [2.45, 2.75) is 38.1 Å². The maximum atomic E-state index is 12.8. The fourth-order valence-electron chi connectivity index (χ4n) is 4.25. The second-order valence-electron chi connectivity index (χ2n) is 8.63. The highest BCUT2D eigenvalue weighted by atomic mass is 19.4. The van der Waals surface area contributed by atoms with E-state index in [1.165, 1.54) is 12.3 Å². The Bertz CT molecular complexity index is 1250. The number of hydrogen-bond donors (Lipinski definition) is 2. The van der Waals surface area contributed by atoms with Gasteiger partial charge in [-0.3, -0.25) is 14.5 Å². The molecular formula is C22H23F3N8O2. The highest BCUT2D eigenvalue weighted by Crippen LogP contribution is 2.40. The second kappa shape index (κ2) is 8.48. The van der Waals surface area contributed by atoms with Crippen LogP contribution in [0, 0.1) is 6.92 Å². The number of rotatable bonds is 5. The number of amides is 1. The van der Waals surface area contributed by atoms with Crippen molar-refractivity contribution < 1.29 is 22.7 Å². The Kier molecular flexibility index (Phi) is 5.58. The molecule has 3 aromatic rings. The summed E-state index contributed by atoms with van der Waals surface area (Å²) >= 11 is 0. The predicted octanol–water partition coefficient (Wildman–Crippen LogP) is 2.60. The summed E-state index contributed by atoms with van der Waals surface area (Å²) in [4.78, 5) is 27.2. The third-order valence-electron chi connectivity index (χ3n) is 6.29. The van der Waals surface area contributed by atoms with Crippen LogP contribution in [-0.4, -0.2) is 56.4 Å². The number of hydrogen-bond acceptors (Lipinski definition) is 8. The van der Waals surface area contributed by atoms with Gasteiger partial charge in [-0.1, -0.05) is 6.07 Å². The van der Waals surface area contributed by atoms with Gasteiger partial charge < -0.3 is 20.3 Å². The molecular weight excluding hydrogens is 465 g/mol. The number of alkyl halides is 3. The second-order valence-corrected chi connectivity index (χ2v) is 8.63. The highest BCUT2D eigenvalue weighted by Gasteiger charge is 2.50. The number of ether oxygens (including phenoxy) is 1. The summed E-state index contributed by atoms with van der Waals surface area (Å²) in [5.74, 6) is 0.904. The van der Waals surface area contributed by atoms with Gasteiger partial charge in [0.2, 0.25) is 5.95 Å². The summed E-state index contributed by atoms with van der Waals surface area (Å²) in [5.41, 5.74) is 0.952. The van der Waals surface area contributed by atoms with E-state index in [4.69, 9.17) is 4.74 Å². The van der Waals surface area contributed by atoms with Crippen LogP contribution in [-0.2, 0) is 28.8 Å². The SMILES string of the molecule is Cc1nc(NCc2cnn(Cc3ccc(C(F)(F)F)nc3)c2)nc2c1NC(=O)[C@]1(CCOC1)N2C. The van der Waals surface area contributed by atoms with Gasteiger partial charge in [0, 0.05) is 44.6 Å². The van der Waals surface area contributed by atoms with E-state index in [1.54, 1.807) is 24.0 Å². The van der Waals surface area contributed by atoms with Crippen molar-refractivity contribution in [3.8, 4) is 0 Å². The first-order valence-corrected chi connectivity index (χ1v) is 10.9. The van der Waals surface area contributed by atoms with Crippen LogP contribution < -0.4 is 15.5 Å². The lowest BCUT2D eigenvalue weighted by Crippen LogP contribution is -2.59. The lowest BCUT2D eigenvalue weighted by atomic mass is 9.93. The third-order valence-corrected chi connectivity index (χ3v) is 6.29. The molecule has 13 heteroatoms. The minimum atomic E-state index is -4.47. The molecule has 0 bridgehead atoms. The van der Waals surface area contributed by atoms with Crippen molar-refractivity contribution in [2.75, 3.05) is 35.8 Å². The Morgan fingerprint density at radius 1 is 1.23 bits per heavy atom. The van der Waals surface area contributed by atoms with Gasteiger partial charge in [0.1, 0.15) is 16.9 Å². The van der Waals surface area contributed by atoms with E-state index >= 15 is 0 Å². The molecule has 1 atom stereocenters. The molecule has 10 nitrogen and oxygen atoms in total. The van der Waals surface area contributed by atoms with E-state index in [-0.39, 0.29) is 12.5 Å². The van der Waals surface area contributed by atoms with E-state index in [0.29, 0.717) is 54.9 Å². The first kappa shape index (κ1) is 23.0. The van der Waals surface area contributed by atoms with Gasteiger partial charge in [-0.25, -0.2) is 4.98 Å². The molecule has 5 rings (SSSR count). The fourth-order valence-corrected chi connectivity index (χ4v) is 4.25. The molecule has 2 aliphatic rings. The van der Waals surface area contributed by atoms with E-state index in [1.807, 2.05) is 11.9 Å². The summed E-state index contributed by atoms with van der Waals surface area (Å²) in [7, 11) is 1.84. The zero-order valence-corrected chi connectivity index (χ0v) is 19.1. The van der Waals surface area contributed by atoms with Gasteiger partial charge in [-0.15, -0.1) is 0 Å². The van der Waals surface area contributed by atoms with Crippen LogP contribution in [0.5, 0.6) is 0 Å². The molecule has 0 saturated carbocycles. The van der Waals surface area contributed by atoms with E-state index in [0.717, 1.165) is 11.6 Å². The zero-order chi connectivity index (χ0) is 24.8. The van der Waals surface area contributed by atoms with Gasteiger partial charge in [0.15, 0.2) is 5.82 Å². The summed E-state index contributed by atoms with van der Waals surface area (Å²) in [6.45, 7) is 3.28. The summed E-state index contributed by atoms with van der Waals surface area (Å²) in [5, 5.41) is 10.4. The lowest BCUT2D eigenvalue weighted by Gasteiger charge is -2.41. The molecule has 0 aromatic carbocycles. The normalized spacial score (nSPS) is 19.7. The number of pyridine rings is 1. The molecule has 1 spiro atoms. The molecule has 2 N–H and O–H groups in total. The molecule has 5 heterocycles. The van der Waals surface area contributed by atoms with E-state index in [2.05, 4.69) is 30.7 Å². The third kappa shape index (κ3) is 4.27. The predicted molar refractivity (Wildman–Crippen MR) is 120 cm³/mol. The van der Waals surface area contributed by atoms with Crippen molar-refractivity contribution in [2.24, 2.45) is 0 Å². The standard InChI is InChI=1S/C22H23F3N8O2/c1-13-17-18(32(2)21(19(34)30-17)5-6-35-12-21)31-20(29-13)27-8-15-9-28-33(11-15)10-14-3-4-16(26-7-14)22(23,24)25/h3-4,7,9,11H,5-6,8,10,12H2,1-2H3,(H,30,34)(H,27,29,31)/t21-/m1/s1. The minimum absolute atomic E-state index is 0.118. The van der Waals surface area contributed by atoms with Gasteiger partial charge in [0.05, 0.1) is 25.0 Å². The number of halogens is 3. The molecule has 1 fully saturated rings. The van der Waals surface area contributed by atoms with Crippen molar-refractivity contribution in [3.05, 3.63) is 53.2 Å². The Morgan fingerprint density at radius 3 is 2.74 bits per heavy atom. The highest BCUT2D eigenvalue weighted by molar-refractivity contribution is 6.06. The number of aryl methyl sites for hydroxylation is 1. The van der Waals surface area contributed by atoms with Crippen molar-refractivity contribution in [3.63, 3.8) is 0 Å². The monoisotopic (exact) mass is 488 g/mol. The number of fused-ring (bicyclic) bond motifs is 1. The zero-order valence-electron chi connectivity index (χ0n) is 19.1. The first-order valence-electron chi connectivity index (χ1n) is 10.9. The van der Waals surface area contributed by atoms with Crippen LogP contribution in [0.4, 0.5) is 30.6 Å². The summed E-state index contributed by atoms with van der Waals surface area (Å²) in [6.07, 6.45) is 0.754. The van der Waals surface area contributed by atoms with Crippen molar-refractivity contribution >= 4 is 23.4 Å². The number of carbonyl (C=O) groups is 1. The van der Waals surface area contributed by atoms with Gasteiger partial charge >= 0.3 is 6.18 Å². The van der Waals surface area contributed by atoms with Crippen LogP contribution in [0.2, 0.25) is 0 Å². The molecule has 2 aliphatic heterocycles. The van der Waals surface area contributed by atoms with Crippen molar-refractivity contribution in [1.29, 1.82) is 0 Å². The molecule has 184 valence electrons. The minimum Gasteiger partial charge on any atom is -0.378 e. The number of anilines is 3. The van der Waals surface area contributed by atoms with Crippen LogP contribution >= 0.6 is 0 Å². The first-order chi connectivity index (χ1) is 16.7. The molecule has 0 radical (unpaired) electrons. The van der Waals surface area contributed by atoms with Crippen molar-refractivity contribution in [1.82, 2.24) is 24.7 Å². The number of aromatic nitrogens is 5. The maximum absolute atomic E-state index is 12.8. The maximum Gasteiger partial charge on any atom is 0.433 e. The summed E-state index contributed by atoms with van der Waals surface area (Å²) in [6, 6.07) is 2.34. The number of nitrogens with one attached hydrogen (secondary N) is 2. The lowest BCUT2D eigenvalue weighted by molar-refractivity contribution is -0.141. The average Bonchev–Trinajstić information content (AvgIpc) is 3.48. The van der Waals surface area contributed by atoms with Gasteiger partial charge in [-0.05, 0) is 18.6 Å². The molecule has 0 unspecified atom stereocenters. The molecule has 35 heavy (non-hydrogen) atoms. The smallest absolute Gasteiger partial charge is 0.378 e. The van der Waals surface area contributed by atoms with Crippen LogP contribution in [0.15, 0.2) is 30.7 Å². The molecule has 0 aliphatic carbocycles. The number of carbonyl (C=O) groups excluding carboxylic acids is 1. The number of nitrogens with zero attached hydrogens (tertiary/aromatic N) is 6. The van der Waals surface area contributed by atoms with Gasteiger partial charge in [-0.2, -0.15) is 23.3 Å². The molecule has 3 aromatic heterocycles. The van der Waals surface area contributed by atoms with Gasteiger partial charge in [0.25, 0.3) is 5.91 Å². The topological polar surface area (TPSA) is 110 Å². The Morgan fingerprint density at radius 2 is 2.06 bits per heavy atom. The fraction of sp³-hybridized carbons (Fsp3) is 0.409. The van der Waals surface area contributed by atoms with E-state index < -0.39 is 17.4 Å². The van der Waals surface area contributed by atoms with Crippen LogP contribution in [0.3, 0.4) is 0 Å². The van der Waals surface area contributed by atoms with E-state index in [9.17, 15) is 18.0 Å². The largest absolute Gasteiger partial charge is 0.433 e. The average molecular weight is 488 g/mol. The molecule has 1 amide bonds. The quantitative estimate of drug-likeness (QED) is 0.564. The number of likely N-dealkylation sites (N-methyl/N-ethyl adjacent to an activating group) is 1. The Hall–Kier alpha value is -3.74. The Balaban J connectivity index is 1.27. The Labute approximate surface area is 198 Å².